The van der Waals surface area contributed by atoms with Gasteiger partial charge in [-0.05, 0) is 50.3 Å². The van der Waals surface area contributed by atoms with E-state index in [1.54, 1.807) is 26.0 Å². The molecule has 0 aromatic heterocycles. The van der Waals surface area contributed by atoms with Crippen LogP contribution in [0.25, 0.3) is 0 Å². The number of likely N-dealkylation sites (tertiary alicyclic amines) is 1. The lowest BCUT2D eigenvalue weighted by Crippen LogP contribution is -2.36. The normalized spacial score (nSPS) is 25.4. The number of benzene rings is 1. The summed E-state index contributed by atoms with van der Waals surface area (Å²) in [6, 6.07) is 5.77. The molecule has 0 unspecified atom stereocenters. The van der Waals surface area contributed by atoms with Gasteiger partial charge < -0.3 is 9.47 Å². The van der Waals surface area contributed by atoms with Crippen LogP contribution in [-0.4, -0.2) is 62.5 Å². The molecule has 0 N–H and O–H groups in total. The Morgan fingerprint density at radius 3 is 2.48 bits per heavy atom. The number of likely N-dealkylation sites (N-methyl/N-ethyl adjacent to an activating group) is 1. The predicted octanol–water partition coefficient (Wildman–Crippen LogP) is 3.09. The fourth-order valence-corrected chi connectivity index (χ4v) is 4.59. The van der Waals surface area contributed by atoms with Gasteiger partial charge in [0, 0.05) is 36.6 Å². The minimum atomic E-state index is 0.723. The topological polar surface area (TPSA) is 24.9 Å². The van der Waals surface area contributed by atoms with Crippen molar-refractivity contribution in [2.75, 3.05) is 40.6 Å². The smallest absolute Gasteiger partial charge is 0.161 e. The van der Waals surface area contributed by atoms with Crippen LogP contribution in [0.3, 0.4) is 0 Å². The zero-order valence-corrected chi connectivity index (χ0v) is 15.5. The van der Waals surface area contributed by atoms with Gasteiger partial charge in [-0.3, -0.25) is 9.80 Å². The minimum Gasteiger partial charge on any atom is -0.493 e. The first-order chi connectivity index (χ1) is 11.2. The van der Waals surface area contributed by atoms with Gasteiger partial charge in [0.25, 0.3) is 0 Å². The van der Waals surface area contributed by atoms with Gasteiger partial charge in [-0.1, -0.05) is 0 Å². The minimum absolute atomic E-state index is 0.723. The van der Waals surface area contributed by atoms with Crippen molar-refractivity contribution in [2.24, 2.45) is 0 Å². The fourth-order valence-electron chi connectivity index (χ4n) is 3.98. The average Bonchev–Trinajstić information content (AvgIpc) is 2.82. The highest BCUT2D eigenvalue weighted by molar-refractivity contribution is 7.98. The molecule has 3 rings (SSSR count). The van der Waals surface area contributed by atoms with Crippen LogP contribution < -0.4 is 9.47 Å². The molecule has 5 heteroatoms. The molecule has 2 fully saturated rings. The van der Waals surface area contributed by atoms with Gasteiger partial charge in [0.1, 0.15) is 0 Å². The van der Waals surface area contributed by atoms with Crippen LogP contribution in [0.5, 0.6) is 11.5 Å². The lowest BCUT2D eigenvalue weighted by molar-refractivity contribution is 0.213. The van der Waals surface area contributed by atoms with Gasteiger partial charge in [-0.2, -0.15) is 0 Å². The van der Waals surface area contributed by atoms with Crippen molar-refractivity contribution in [1.82, 2.24) is 9.80 Å². The fraction of sp³-hybridized carbons (Fsp3) is 0.667. The maximum absolute atomic E-state index is 5.50. The molecule has 0 radical (unpaired) electrons. The summed E-state index contributed by atoms with van der Waals surface area (Å²) in [5.41, 5.74) is 1.34. The molecule has 2 aliphatic rings. The third-order valence-electron chi connectivity index (χ3n) is 5.41. The molecule has 23 heavy (non-hydrogen) atoms. The maximum atomic E-state index is 5.50. The molecule has 2 heterocycles. The Kier molecular flexibility index (Phi) is 5.39. The summed E-state index contributed by atoms with van der Waals surface area (Å²) in [6.45, 7) is 3.36. The van der Waals surface area contributed by atoms with E-state index >= 15 is 0 Å². The van der Waals surface area contributed by atoms with E-state index in [-0.39, 0.29) is 0 Å². The number of ether oxygens (including phenoxy) is 2. The van der Waals surface area contributed by atoms with Crippen molar-refractivity contribution in [3.63, 3.8) is 0 Å². The molecule has 1 aromatic rings. The van der Waals surface area contributed by atoms with E-state index < -0.39 is 0 Å². The van der Waals surface area contributed by atoms with Crippen molar-refractivity contribution in [3.05, 3.63) is 17.7 Å². The Morgan fingerprint density at radius 1 is 1.09 bits per heavy atom. The Labute approximate surface area is 144 Å². The summed E-state index contributed by atoms with van der Waals surface area (Å²) in [5, 5.41) is 0. The number of thioether (sulfide) groups is 1. The first kappa shape index (κ1) is 16.9. The molecule has 2 bridgehead atoms. The number of hydrogen-bond acceptors (Lipinski definition) is 5. The van der Waals surface area contributed by atoms with Gasteiger partial charge in [-0.25, -0.2) is 0 Å². The lowest BCUT2D eigenvalue weighted by Gasteiger charge is -2.26. The molecule has 0 spiro atoms. The maximum Gasteiger partial charge on any atom is 0.161 e. The van der Waals surface area contributed by atoms with E-state index in [0.29, 0.717) is 0 Å². The number of methoxy groups -OCH3 is 2. The van der Waals surface area contributed by atoms with Crippen LogP contribution in [0.1, 0.15) is 24.8 Å². The van der Waals surface area contributed by atoms with Crippen molar-refractivity contribution in [2.45, 2.75) is 42.8 Å². The van der Waals surface area contributed by atoms with Gasteiger partial charge in [0.2, 0.25) is 0 Å². The number of fused-ring (bicyclic) bond motifs is 2. The molecule has 128 valence electrons. The monoisotopic (exact) mass is 336 g/mol. The van der Waals surface area contributed by atoms with E-state index in [9.17, 15) is 0 Å². The quantitative estimate of drug-likeness (QED) is 0.770. The summed E-state index contributed by atoms with van der Waals surface area (Å²) >= 11 is 1.78. The summed E-state index contributed by atoms with van der Waals surface area (Å²) in [6.07, 6.45) is 6.14. The molecule has 0 amide bonds. The molecule has 2 atom stereocenters. The van der Waals surface area contributed by atoms with Gasteiger partial charge in [0.15, 0.2) is 11.5 Å². The van der Waals surface area contributed by atoms with Gasteiger partial charge in [-0.15, -0.1) is 11.8 Å². The van der Waals surface area contributed by atoms with E-state index in [2.05, 4.69) is 35.2 Å². The van der Waals surface area contributed by atoms with E-state index in [0.717, 1.165) is 30.1 Å². The van der Waals surface area contributed by atoms with Crippen LogP contribution in [0.15, 0.2) is 17.0 Å². The van der Waals surface area contributed by atoms with Gasteiger partial charge in [0.05, 0.1) is 14.2 Å². The van der Waals surface area contributed by atoms with Crippen LogP contribution >= 0.6 is 11.8 Å². The van der Waals surface area contributed by atoms with Crippen molar-refractivity contribution < 1.29 is 9.47 Å². The van der Waals surface area contributed by atoms with Crippen molar-refractivity contribution in [3.8, 4) is 11.5 Å². The first-order valence-electron chi connectivity index (χ1n) is 8.39. The zero-order chi connectivity index (χ0) is 16.4. The molecule has 2 aliphatic heterocycles. The molecule has 2 saturated heterocycles. The third-order valence-corrected chi connectivity index (χ3v) is 6.23. The largest absolute Gasteiger partial charge is 0.493 e. The highest BCUT2D eigenvalue weighted by Gasteiger charge is 2.34. The number of nitrogens with zero attached hydrogens (tertiary/aromatic N) is 2. The Morgan fingerprint density at radius 2 is 1.78 bits per heavy atom. The van der Waals surface area contributed by atoms with Gasteiger partial charge >= 0.3 is 0 Å². The second-order valence-corrected chi connectivity index (χ2v) is 7.44. The van der Waals surface area contributed by atoms with Crippen LogP contribution in [0.4, 0.5) is 0 Å². The summed E-state index contributed by atoms with van der Waals surface area (Å²) in [4.78, 5) is 6.50. The molecule has 4 nitrogen and oxygen atoms in total. The number of hydrogen-bond donors (Lipinski definition) is 0. The van der Waals surface area contributed by atoms with Crippen LogP contribution in [0.2, 0.25) is 0 Å². The van der Waals surface area contributed by atoms with E-state index in [1.807, 2.05) is 0 Å². The SMILES string of the molecule is COc1cc(CN2CC[C@H]3CC[C@@H](C2)N3C)c(SC)cc1OC. The predicted molar refractivity (Wildman–Crippen MR) is 95.8 cm³/mol. The highest BCUT2D eigenvalue weighted by Crippen LogP contribution is 2.36. The second-order valence-electron chi connectivity index (χ2n) is 6.59. The van der Waals surface area contributed by atoms with Crippen molar-refractivity contribution in [1.29, 1.82) is 0 Å². The summed E-state index contributed by atoms with van der Waals surface area (Å²) < 4.78 is 10.9. The van der Waals surface area contributed by atoms with E-state index in [4.69, 9.17) is 9.47 Å². The van der Waals surface area contributed by atoms with Crippen LogP contribution in [0, 0.1) is 0 Å². The highest BCUT2D eigenvalue weighted by atomic mass is 32.2. The Bertz CT molecular complexity index is 552. The first-order valence-corrected chi connectivity index (χ1v) is 9.62. The standard InChI is InChI=1S/C18H28N2O2S/c1-19-14-5-6-15(19)12-20(8-7-14)11-13-9-16(21-2)17(22-3)10-18(13)23-4/h9-10,14-15H,5-8,11-12H2,1-4H3/t14-,15+/m1/s1. The molecular weight excluding hydrogens is 308 g/mol. The lowest BCUT2D eigenvalue weighted by atomic mass is 10.1. The Balaban J connectivity index is 1.79. The molecular formula is C18H28N2O2S. The second kappa shape index (κ2) is 7.32. The Hall–Kier alpha value is -0.910. The molecule has 0 aliphatic carbocycles. The number of rotatable bonds is 5. The zero-order valence-electron chi connectivity index (χ0n) is 14.7. The molecule has 1 aromatic carbocycles. The van der Waals surface area contributed by atoms with Crippen molar-refractivity contribution >= 4 is 11.8 Å². The van der Waals surface area contributed by atoms with E-state index in [1.165, 1.54) is 42.8 Å². The third kappa shape index (κ3) is 3.47. The molecule has 0 saturated carbocycles. The summed E-state index contributed by atoms with van der Waals surface area (Å²) in [7, 11) is 5.71. The average molecular weight is 337 g/mol. The van der Waals surface area contributed by atoms with Crippen LogP contribution in [-0.2, 0) is 6.54 Å². The summed E-state index contributed by atoms with van der Waals surface area (Å²) in [5.74, 6) is 1.64.